The zero-order valence-corrected chi connectivity index (χ0v) is 16.9. The van der Waals surface area contributed by atoms with Crippen molar-refractivity contribution in [2.75, 3.05) is 5.32 Å². The van der Waals surface area contributed by atoms with E-state index in [9.17, 15) is 4.79 Å². The van der Waals surface area contributed by atoms with E-state index in [-0.39, 0.29) is 5.91 Å². The van der Waals surface area contributed by atoms with Gasteiger partial charge in [-0.05, 0) is 34.5 Å². The second-order valence-electron chi connectivity index (χ2n) is 6.05. The Labute approximate surface area is 176 Å². The number of hydrogen-bond acceptors (Lipinski definition) is 3. The van der Waals surface area contributed by atoms with E-state index in [4.69, 9.17) is 23.2 Å². The maximum absolute atomic E-state index is 12.2. The third-order valence-electron chi connectivity index (χ3n) is 4.18. The van der Waals surface area contributed by atoms with Gasteiger partial charge in [-0.25, -0.2) is 4.98 Å². The minimum atomic E-state index is -0.273. The van der Waals surface area contributed by atoms with Gasteiger partial charge in [0.1, 0.15) is 0 Å². The van der Waals surface area contributed by atoms with Gasteiger partial charge in [-0.3, -0.25) is 10.1 Å². The number of hydrogen-bond donors (Lipinski definition) is 1. The zero-order chi connectivity index (χ0) is 19.5. The van der Waals surface area contributed by atoms with Crippen molar-refractivity contribution >= 4 is 62.4 Å². The fourth-order valence-electron chi connectivity index (χ4n) is 2.85. The number of aromatic nitrogens is 1. The molecule has 0 saturated carbocycles. The summed E-state index contributed by atoms with van der Waals surface area (Å²) in [6.07, 6.45) is 3.07. The number of nitrogens with zero attached hydrogens (tertiary/aromatic N) is 1. The summed E-state index contributed by atoms with van der Waals surface area (Å²) in [5.41, 5.74) is 2.59. The van der Waals surface area contributed by atoms with Crippen LogP contribution in [0, 0.1) is 0 Å². The molecule has 1 N–H and O–H groups in total. The second kappa shape index (κ2) is 8.15. The number of rotatable bonds is 4. The third-order valence-corrected chi connectivity index (χ3v) is 5.50. The summed E-state index contributed by atoms with van der Waals surface area (Å²) in [4.78, 5) is 16.8. The molecule has 4 rings (SSSR count). The Morgan fingerprint density at radius 1 is 1.04 bits per heavy atom. The quantitative estimate of drug-likeness (QED) is 0.361. The maximum Gasteiger partial charge on any atom is 0.250 e. The summed E-state index contributed by atoms with van der Waals surface area (Å²) in [5, 5.41) is 8.60. The van der Waals surface area contributed by atoms with Gasteiger partial charge in [-0.1, -0.05) is 71.7 Å². The number of carbonyl (C=O) groups is 1. The van der Waals surface area contributed by atoms with Crippen LogP contribution in [0.1, 0.15) is 5.56 Å². The maximum atomic E-state index is 12.2. The van der Waals surface area contributed by atoms with Crippen molar-refractivity contribution in [2.24, 2.45) is 0 Å². The summed E-state index contributed by atoms with van der Waals surface area (Å²) < 4.78 is 0. The molecular weight excluding hydrogens is 411 g/mol. The van der Waals surface area contributed by atoms with Crippen molar-refractivity contribution in [3.63, 3.8) is 0 Å². The Balaban J connectivity index is 1.51. The summed E-state index contributed by atoms with van der Waals surface area (Å²) in [6.45, 7) is 0. The van der Waals surface area contributed by atoms with E-state index in [1.54, 1.807) is 24.3 Å². The molecule has 4 aromatic rings. The summed E-state index contributed by atoms with van der Waals surface area (Å²) in [6, 6.07) is 19.4. The highest BCUT2D eigenvalue weighted by molar-refractivity contribution is 7.14. The predicted octanol–water partition coefficient (Wildman–Crippen LogP) is 6.92. The van der Waals surface area contributed by atoms with E-state index in [1.807, 2.05) is 29.6 Å². The molecule has 138 valence electrons. The Kier molecular flexibility index (Phi) is 5.44. The smallest absolute Gasteiger partial charge is 0.250 e. The molecule has 0 aliphatic heterocycles. The first-order chi connectivity index (χ1) is 13.6. The van der Waals surface area contributed by atoms with Gasteiger partial charge in [-0.15, -0.1) is 11.3 Å². The number of thiazole rings is 1. The largest absolute Gasteiger partial charge is 0.298 e. The van der Waals surface area contributed by atoms with Gasteiger partial charge in [0.25, 0.3) is 0 Å². The fraction of sp³-hybridized carbons (Fsp3) is 0. The molecular formula is C22H14Cl2N2OS. The lowest BCUT2D eigenvalue weighted by molar-refractivity contribution is -0.111. The van der Waals surface area contributed by atoms with Crippen molar-refractivity contribution < 1.29 is 4.79 Å². The minimum absolute atomic E-state index is 0.273. The minimum Gasteiger partial charge on any atom is -0.298 e. The molecule has 3 nitrogen and oxygen atoms in total. The summed E-state index contributed by atoms with van der Waals surface area (Å²) >= 11 is 13.4. The molecule has 0 aliphatic rings. The standard InChI is InChI=1S/C22H14Cl2N2OS/c23-16-10-8-15(19(24)12-16)9-11-21(27)26-22-25-20(13-28-22)18-7-3-5-14-4-1-2-6-17(14)18/h1-13H,(H,25,26,27). The number of nitrogens with one attached hydrogen (secondary N) is 1. The number of anilines is 1. The van der Waals surface area contributed by atoms with Gasteiger partial charge in [0.15, 0.2) is 5.13 Å². The molecule has 1 heterocycles. The summed E-state index contributed by atoms with van der Waals surface area (Å²) in [7, 11) is 0. The Bertz CT molecular complexity index is 1190. The topological polar surface area (TPSA) is 42.0 Å². The monoisotopic (exact) mass is 424 g/mol. The lowest BCUT2D eigenvalue weighted by atomic mass is 10.0. The van der Waals surface area contributed by atoms with Crippen LogP contribution in [0.4, 0.5) is 5.13 Å². The van der Waals surface area contributed by atoms with Crippen LogP contribution in [0.25, 0.3) is 28.1 Å². The number of carbonyl (C=O) groups excluding carboxylic acids is 1. The van der Waals surface area contributed by atoms with Crippen molar-refractivity contribution in [2.45, 2.75) is 0 Å². The van der Waals surface area contributed by atoms with E-state index >= 15 is 0 Å². The Morgan fingerprint density at radius 3 is 2.71 bits per heavy atom. The van der Waals surface area contributed by atoms with Gasteiger partial charge >= 0.3 is 0 Å². The van der Waals surface area contributed by atoms with Gasteiger partial charge in [0, 0.05) is 27.1 Å². The van der Waals surface area contributed by atoms with Crippen molar-refractivity contribution in [3.05, 3.63) is 87.7 Å². The number of halogens is 2. The van der Waals surface area contributed by atoms with E-state index in [1.165, 1.54) is 17.4 Å². The Morgan fingerprint density at radius 2 is 1.86 bits per heavy atom. The van der Waals surface area contributed by atoms with Crippen LogP contribution in [0.5, 0.6) is 0 Å². The molecule has 0 radical (unpaired) electrons. The van der Waals surface area contributed by atoms with Crippen LogP contribution < -0.4 is 5.32 Å². The normalized spacial score (nSPS) is 11.2. The molecule has 0 unspecified atom stereocenters. The van der Waals surface area contributed by atoms with Crippen LogP contribution in [-0.2, 0) is 4.79 Å². The van der Waals surface area contributed by atoms with Gasteiger partial charge in [-0.2, -0.15) is 0 Å². The van der Waals surface area contributed by atoms with Gasteiger partial charge < -0.3 is 0 Å². The van der Waals surface area contributed by atoms with Crippen LogP contribution in [-0.4, -0.2) is 10.9 Å². The van der Waals surface area contributed by atoms with Crippen molar-refractivity contribution in [3.8, 4) is 11.3 Å². The third kappa shape index (κ3) is 4.09. The first-order valence-corrected chi connectivity index (χ1v) is 10.1. The molecule has 6 heteroatoms. The van der Waals surface area contributed by atoms with E-state index in [0.29, 0.717) is 15.2 Å². The Hall–Kier alpha value is -2.66. The first-order valence-electron chi connectivity index (χ1n) is 8.48. The average Bonchev–Trinajstić information content (AvgIpc) is 3.15. The van der Waals surface area contributed by atoms with Gasteiger partial charge in [0.05, 0.1) is 5.69 Å². The number of fused-ring (bicyclic) bond motifs is 1. The lowest BCUT2D eigenvalue weighted by Gasteiger charge is -2.03. The van der Waals surface area contributed by atoms with Crippen LogP contribution >= 0.6 is 34.5 Å². The highest BCUT2D eigenvalue weighted by Crippen LogP contribution is 2.31. The van der Waals surface area contributed by atoms with E-state index in [0.717, 1.165) is 27.6 Å². The number of benzene rings is 3. The first kappa shape index (κ1) is 18.7. The highest BCUT2D eigenvalue weighted by atomic mass is 35.5. The van der Waals surface area contributed by atoms with E-state index < -0.39 is 0 Å². The van der Waals surface area contributed by atoms with Crippen molar-refractivity contribution in [1.29, 1.82) is 0 Å². The second-order valence-corrected chi connectivity index (χ2v) is 7.75. The molecule has 3 aromatic carbocycles. The number of amides is 1. The molecule has 0 bridgehead atoms. The lowest BCUT2D eigenvalue weighted by Crippen LogP contribution is -2.07. The predicted molar refractivity (Wildman–Crippen MR) is 119 cm³/mol. The fourth-order valence-corrected chi connectivity index (χ4v) is 4.04. The molecule has 0 saturated heterocycles. The van der Waals surface area contributed by atoms with Gasteiger partial charge in [0.2, 0.25) is 5.91 Å². The van der Waals surface area contributed by atoms with E-state index in [2.05, 4.69) is 28.5 Å². The van der Waals surface area contributed by atoms with Crippen LogP contribution in [0.2, 0.25) is 10.0 Å². The molecule has 1 amide bonds. The average molecular weight is 425 g/mol. The van der Waals surface area contributed by atoms with Crippen LogP contribution in [0.15, 0.2) is 72.1 Å². The highest BCUT2D eigenvalue weighted by Gasteiger charge is 2.09. The zero-order valence-electron chi connectivity index (χ0n) is 14.5. The molecule has 0 fully saturated rings. The molecule has 0 spiro atoms. The molecule has 1 aromatic heterocycles. The molecule has 0 aliphatic carbocycles. The molecule has 0 atom stereocenters. The summed E-state index contributed by atoms with van der Waals surface area (Å²) in [5.74, 6) is -0.273. The van der Waals surface area contributed by atoms with Crippen molar-refractivity contribution in [1.82, 2.24) is 4.98 Å². The van der Waals surface area contributed by atoms with Crippen LogP contribution in [0.3, 0.4) is 0 Å². The SMILES string of the molecule is O=C(C=Cc1ccc(Cl)cc1Cl)Nc1nc(-c2cccc3ccccc23)cs1. The molecule has 28 heavy (non-hydrogen) atoms.